The Bertz CT molecular complexity index is 1520. The number of ether oxygens (including phenoxy) is 2. The highest BCUT2D eigenvalue weighted by atomic mass is 32.2. The maximum Gasteiger partial charge on any atom is 0.267 e. The highest BCUT2D eigenvalue weighted by Crippen LogP contribution is 2.46. The molecule has 8 nitrogen and oxygen atoms in total. The molecule has 1 atom stereocenters. The van der Waals surface area contributed by atoms with Gasteiger partial charge in [-0.15, -0.1) is 11.3 Å². The van der Waals surface area contributed by atoms with Gasteiger partial charge in [0.1, 0.15) is 5.01 Å². The quantitative estimate of drug-likeness (QED) is 0.409. The fourth-order valence-corrected chi connectivity index (χ4v) is 5.75. The minimum Gasteiger partial charge on any atom is -0.480 e. The van der Waals surface area contributed by atoms with Gasteiger partial charge in [0.25, 0.3) is 10.1 Å². The molecule has 11 heteroatoms. The molecule has 0 amide bonds. The Morgan fingerprint density at radius 2 is 2.00 bits per heavy atom. The first-order valence-corrected chi connectivity index (χ1v) is 12.2. The smallest absolute Gasteiger partial charge is 0.267 e. The fourth-order valence-electron chi connectivity index (χ4n) is 3.91. The lowest BCUT2D eigenvalue weighted by Gasteiger charge is -2.22. The molecule has 4 aromatic rings. The van der Waals surface area contributed by atoms with Crippen LogP contribution in [0, 0.1) is 12.7 Å². The number of hydrogen-bond donors (Lipinski definition) is 0. The number of halogens is 1. The van der Waals surface area contributed by atoms with E-state index in [1.807, 2.05) is 19.1 Å². The van der Waals surface area contributed by atoms with Gasteiger partial charge in [-0.2, -0.15) is 8.42 Å². The predicted octanol–water partition coefficient (Wildman–Crippen LogP) is 3.99. The average molecular weight is 476 g/mol. The number of rotatable bonds is 4. The number of benzene rings is 2. The molecule has 0 saturated carbocycles. The summed E-state index contributed by atoms with van der Waals surface area (Å²) in [5.74, 6) is -1.75. The molecular weight excluding hydrogens is 457 g/mol. The van der Waals surface area contributed by atoms with E-state index < -0.39 is 21.7 Å². The van der Waals surface area contributed by atoms with E-state index in [0.29, 0.717) is 37.7 Å². The number of thiazole rings is 1. The third-order valence-electron chi connectivity index (χ3n) is 5.03. The third-order valence-corrected chi connectivity index (χ3v) is 6.85. The van der Waals surface area contributed by atoms with E-state index >= 15 is 0 Å². The van der Waals surface area contributed by atoms with Crippen LogP contribution in [0.4, 0.5) is 4.39 Å². The Balaban J connectivity index is 1.67. The maximum absolute atomic E-state index is 14.8. The van der Waals surface area contributed by atoms with E-state index in [0.717, 1.165) is 17.4 Å². The van der Waals surface area contributed by atoms with Gasteiger partial charge in [0.15, 0.2) is 11.6 Å². The van der Waals surface area contributed by atoms with Gasteiger partial charge in [0.05, 0.1) is 40.8 Å². The van der Waals surface area contributed by atoms with Crippen LogP contribution in [0.25, 0.3) is 31.8 Å². The Morgan fingerprint density at radius 3 is 2.72 bits per heavy atom. The van der Waals surface area contributed by atoms with Crippen molar-refractivity contribution in [2.75, 3.05) is 13.4 Å². The number of aromatic nitrogens is 3. The molecule has 166 valence electrons. The van der Waals surface area contributed by atoms with Gasteiger partial charge in [-0.25, -0.2) is 23.5 Å². The second kappa shape index (κ2) is 7.06. The van der Waals surface area contributed by atoms with Gasteiger partial charge in [-0.05, 0) is 24.6 Å². The Labute approximate surface area is 187 Å². The zero-order valence-electron chi connectivity index (χ0n) is 17.6. The van der Waals surface area contributed by atoms with Crippen molar-refractivity contribution in [1.82, 2.24) is 15.0 Å². The molecule has 1 aliphatic rings. The summed E-state index contributed by atoms with van der Waals surface area (Å²) in [6, 6.07) is 5.14. The molecule has 0 spiro atoms. The minimum absolute atomic E-state index is 0.0162. The number of aryl methyl sites for hydroxylation is 1. The molecule has 3 heterocycles. The minimum atomic E-state index is -3.81. The highest BCUT2D eigenvalue weighted by molar-refractivity contribution is 7.86. The van der Waals surface area contributed by atoms with Crippen molar-refractivity contribution in [3.8, 4) is 22.2 Å². The van der Waals surface area contributed by atoms with Crippen LogP contribution in [0.2, 0.25) is 0 Å². The largest absolute Gasteiger partial charge is 0.480 e. The normalized spacial score (nSPS) is 18.2. The molecule has 5 rings (SSSR count). The van der Waals surface area contributed by atoms with Crippen molar-refractivity contribution in [2.24, 2.45) is 0 Å². The molecule has 0 saturated heterocycles. The second-order valence-corrected chi connectivity index (χ2v) is 10.4. The van der Waals surface area contributed by atoms with E-state index in [4.69, 9.17) is 13.7 Å². The summed E-state index contributed by atoms with van der Waals surface area (Å²) in [6.07, 6.45) is 2.53. The molecule has 2 aromatic heterocycles. The topological polar surface area (TPSA) is 101 Å². The number of nitrogens with zero attached hydrogens (tertiary/aromatic N) is 3. The predicted molar refractivity (Wildman–Crippen MR) is 118 cm³/mol. The average Bonchev–Trinajstić information content (AvgIpc) is 3.26. The van der Waals surface area contributed by atoms with Gasteiger partial charge in [0.2, 0.25) is 11.7 Å². The van der Waals surface area contributed by atoms with E-state index in [2.05, 4.69) is 15.0 Å². The monoisotopic (exact) mass is 475 g/mol. The number of hydrogen-bond acceptors (Lipinski definition) is 9. The van der Waals surface area contributed by atoms with Crippen LogP contribution < -0.4 is 9.47 Å². The first-order valence-electron chi connectivity index (χ1n) is 9.58. The van der Waals surface area contributed by atoms with Crippen LogP contribution in [0.5, 0.6) is 11.6 Å². The van der Waals surface area contributed by atoms with Crippen molar-refractivity contribution in [3.05, 3.63) is 41.3 Å². The third kappa shape index (κ3) is 3.55. The lowest BCUT2D eigenvalue weighted by atomic mass is 10.1. The van der Waals surface area contributed by atoms with Crippen LogP contribution in [0.15, 0.2) is 24.4 Å². The van der Waals surface area contributed by atoms with E-state index in [-0.39, 0.29) is 12.2 Å². The van der Waals surface area contributed by atoms with Gasteiger partial charge in [0, 0.05) is 30.5 Å². The lowest BCUT2D eigenvalue weighted by Crippen LogP contribution is -2.36. The zero-order valence-corrected chi connectivity index (χ0v) is 19.2. The van der Waals surface area contributed by atoms with Crippen molar-refractivity contribution >= 4 is 42.7 Å². The molecule has 0 N–H and O–H groups in total. The first kappa shape index (κ1) is 21.0. The summed E-state index contributed by atoms with van der Waals surface area (Å²) < 4.78 is 54.7. The van der Waals surface area contributed by atoms with Gasteiger partial charge >= 0.3 is 0 Å². The SMILES string of the molecule is COc1cnc2c(-c3nc4cc(F)c5c(c4s3)C[C@](C)(OS(C)(=O)=O)O5)cc(C)cc2n1. The molecule has 0 bridgehead atoms. The summed E-state index contributed by atoms with van der Waals surface area (Å²) in [7, 11) is -2.28. The van der Waals surface area contributed by atoms with Gasteiger partial charge in [-0.1, -0.05) is 0 Å². The van der Waals surface area contributed by atoms with Crippen LogP contribution in [0.1, 0.15) is 18.1 Å². The van der Waals surface area contributed by atoms with Crippen LogP contribution >= 0.6 is 11.3 Å². The summed E-state index contributed by atoms with van der Waals surface area (Å²) in [5.41, 5.74) is 4.01. The van der Waals surface area contributed by atoms with E-state index in [1.165, 1.54) is 37.6 Å². The van der Waals surface area contributed by atoms with Crippen LogP contribution in [-0.4, -0.2) is 42.5 Å². The second-order valence-electron chi connectivity index (χ2n) is 7.83. The van der Waals surface area contributed by atoms with Crippen molar-refractivity contribution in [1.29, 1.82) is 0 Å². The first-order chi connectivity index (χ1) is 15.0. The molecule has 0 aliphatic carbocycles. The lowest BCUT2D eigenvalue weighted by molar-refractivity contribution is -0.0758. The molecule has 0 unspecified atom stereocenters. The molecule has 1 aliphatic heterocycles. The van der Waals surface area contributed by atoms with Gasteiger partial charge in [-0.3, -0.25) is 0 Å². The summed E-state index contributed by atoms with van der Waals surface area (Å²) >= 11 is 1.35. The Morgan fingerprint density at radius 1 is 1.22 bits per heavy atom. The summed E-state index contributed by atoms with van der Waals surface area (Å²) in [6.45, 7) is 3.41. The van der Waals surface area contributed by atoms with E-state index in [9.17, 15) is 12.8 Å². The summed E-state index contributed by atoms with van der Waals surface area (Å²) in [5, 5.41) is 0.638. The molecule has 2 aromatic carbocycles. The molecule has 32 heavy (non-hydrogen) atoms. The summed E-state index contributed by atoms with van der Waals surface area (Å²) in [4.78, 5) is 13.6. The van der Waals surface area contributed by atoms with E-state index in [1.54, 1.807) is 0 Å². The van der Waals surface area contributed by atoms with Crippen molar-refractivity contribution in [3.63, 3.8) is 0 Å². The maximum atomic E-state index is 14.8. The molecular formula is C21H18FN3O5S2. The van der Waals surface area contributed by atoms with Crippen LogP contribution in [0.3, 0.4) is 0 Å². The number of methoxy groups -OCH3 is 1. The van der Waals surface area contributed by atoms with Crippen molar-refractivity contribution < 1.29 is 26.5 Å². The standard InChI is InChI=1S/C21H18FN3O5S2/c1-10-5-11(17-14(6-10)24-16(28-3)9-23-17)20-25-15-7-13(22)18-12(19(15)31-20)8-21(2,29-18)30-32(4,26)27/h5-7,9H,8H2,1-4H3/t21-/m0/s1. The number of fused-ring (bicyclic) bond motifs is 4. The van der Waals surface area contributed by atoms with Crippen molar-refractivity contribution in [2.45, 2.75) is 26.1 Å². The highest BCUT2D eigenvalue weighted by Gasteiger charge is 2.42. The Hall–Kier alpha value is -2.89. The van der Waals surface area contributed by atoms with Crippen LogP contribution in [-0.2, 0) is 20.7 Å². The van der Waals surface area contributed by atoms with Gasteiger partial charge < -0.3 is 9.47 Å². The zero-order chi connectivity index (χ0) is 22.8. The molecule has 0 radical (unpaired) electrons. The Kier molecular flexibility index (Phi) is 4.63. The fraction of sp³-hybridized carbons (Fsp3) is 0.286. The molecule has 0 fully saturated rings.